The molecule has 0 saturated carbocycles. The summed E-state index contributed by atoms with van der Waals surface area (Å²) in [6.45, 7) is 1.38. The van der Waals surface area contributed by atoms with Gasteiger partial charge in [0.2, 0.25) is 6.79 Å². The summed E-state index contributed by atoms with van der Waals surface area (Å²) >= 11 is 0. The summed E-state index contributed by atoms with van der Waals surface area (Å²) < 4.78 is 14.6. The number of rotatable bonds is 3. The second-order valence-corrected chi connectivity index (χ2v) is 3.55. The molecule has 1 unspecified atom stereocenters. The Morgan fingerprint density at radius 2 is 2.11 bits per heavy atom. The third-order valence-electron chi connectivity index (χ3n) is 2.43. The van der Waals surface area contributed by atoms with Crippen molar-refractivity contribution < 1.29 is 29.0 Å². The van der Waals surface area contributed by atoms with Crippen molar-refractivity contribution in [1.29, 1.82) is 0 Å². The van der Waals surface area contributed by atoms with Crippen LogP contribution in [0.5, 0.6) is 11.5 Å². The molecule has 1 aromatic carbocycles. The van der Waals surface area contributed by atoms with Crippen LogP contribution in [0.25, 0.3) is 0 Å². The van der Waals surface area contributed by atoms with E-state index in [9.17, 15) is 14.9 Å². The molecule has 8 nitrogen and oxygen atoms in total. The molecule has 96 valence electrons. The Morgan fingerprint density at radius 1 is 1.50 bits per heavy atom. The molecule has 0 spiro atoms. The minimum Gasteiger partial charge on any atom is -0.454 e. The highest BCUT2D eigenvalue weighted by atomic mass is 16.7. The molecule has 0 saturated heterocycles. The highest BCUT2D eigenvalue weighted by molar-refractivity contribution is 5.60. The first-order valence-electron chi connectivity index (χ1n) is 4.96. The van der Waals surface area contributed by atoms with E-state index >= 15 is 0 Å². The molecule has 1 heterocycles. The van der Waals surface area contributed by atoms with Crippen LogP contribution in [0.15, 0.2) is 12.1 Å². The van der Waals surface area contributed by atoms with Crippen molar-refractivity contribution >= 4 is 11.8 Å². The maximum absolute atomic E-state index is 10.9. The quantitative estimate of drug-likeness (QED) is 0.500. The predicted octanol–water partition coefficient (Wildman–Crippen LogP) is 2.08. The van der Waals surface area contributed by atoms with E-state index in [4.69, 9.17) is 14.6 Å². The van der Waals surface area contributed by atoms with E-state index in [0.717, 1.165) is 0 Å². The number of hydrogen-bond donors (Lipinski definition) is 1. The largest absolute Gasteiger partial charge is 0.506 e. The van der Waals surface area contributed by atoms with E-state index in [1.807, 2.05) is 0 Å². The summed E-state index contributed by atoms with van der Waals surface area (Å²) in [6.07, 6.45) is -2.48. The summed E-state index contributed by atoms with van der Waals surface area (Å²) in [6, 6.07) is 2.55. The zero-order valence-corrected chi connectivity index (χ0v) is 9.28. The summed E-state index contributed by atoms with van der Waals surface area (Å²) in [5.74, 6) is 0.587. The van der Waals surface area contributed by atoms with Gasteiger partial charge in [0.15, 0.2) is 11.5 Å². The lowest BCUT2D eigenvalue weighted by molar-refractivity contribution is -0.386. The van der Waals surface area contributed by atoms with Crippen LogP contribution in [0.4, 0.5) is 10.5 Å². The molecule has 1 atom stereocenters. The van der Waals surface area contributed by atoms with Crippen molar-refractivity contribution in [1.82, 2.24) is 0 Å². The van der Waals surface area contributed by atoms with Gasteiger partial charge in [-0.3, -0.25) is 10.1 Å². The van der Waals surface area contributed by atoms with Crippen molar-refractivity contribution in [2.45, 2.75) is 13.0 Å². The van der Waals surface area contributed by atoms with Crippen LogP contribution in [0.1, 0.15) is 18.6 Å². The third kappa shape index (κ3) is 2.12. The zero-order chi connectivity index (χ0) is 13.3. The number of fused-ring (bicyclic) bond motifs is 1. The molecule has 0 bridgehead atoms. The average molecular weight is 255 g/mol. The van der Waals surface area contributed by atoms with Gasteiger partial charge in [0.05, 0.1) is 16.6 Å². The van der Waals surface area contributed by atoms with Gasteiger partial charge in [0.25, 0.3) is 5.69 Å². The van der Waals surface area contributed by atoms with Gasteiger partial charge in [-0.15, -0.1) is 0 Å². The summed E-state index contributed by atoms with van der Waals surface area (Å²) in [4.78, 5) is 20.7. The molecule has 1 aromatic rings. The fourth-order valence-electron chi connectivity index (χ4n) is 1.65. The number of hydrogen-bond acceptors (Lipinski definition) is 6. The Bertz CT molecular complexity index is 513. The van der Waals surface area contributed by atoms with Gasteiger partial charge in [-0.05, 0) is 13.0 Å². The van der Waals surface area contributed by atoms with Crippen LogP contribution >= 0.6 is 0 Å². The number of nitro benzene ring substituents is 1. The molecular formula is C10H9NO7. The van der Waals surface area contributed by atoms with Gasteiger partial charge in [-0.25, -0.2) is 4.79 Å². The molecule has 1 aliphatic heterocycles. The normalized spacial score (nSPS) is 14.1. The Labute approximate surface area is 101 Å². The summed E-state index contributed by atoms with van der Waals surface area (Å²) in [5, 5.41) is 19.4. The Kier molecular flexibility index (Phi) is 2.92. The fourth-order valence-corrected chi connectivity index (χ4v) is 1.65. The topological polar surface area (TPSA) is 108 Å². The first kappa shape index (κ1) is 12.0. The van der Waals surface area contributed by atoms with Gasteiger partial charge < -0.3 is 19.3 Å². The van der Waals surface area contributed by atoms with E-state index in [-0.39, 0.29) is 23.8 Å². The number of nitro groups is 1. The third-order valence-corrected chi connectivity index (χ3v) is 2.43. The molecule has 18 heavy (non-hydrogen) atoms. The van der Waals surface area contributed by atoms with Crippen molar-refractivity contribution in [2.75, 3.05) is 6.79 Å². The average Bonchev–Trinajstić information content (AvgIpc) is 2.72. The molecule has 0 radical (unpaired) electrons. The number of carbonyl (C=O) groups is 1. The maximum Gasteiger partial charge on any atom is 0.506 e. The number of ether oxygens (including phenoxy) is 3. The lowest BCUT2D eigenvalue weighted by Crippen LogP contribution is -2.08. The molecule has 1 aliphatic rings. The zero-order valence-electron chi connectivity index (χ0n) is 9.28. The SMILES string of the molecule is CC(OC(=O)O)c1cc2c(cc1[N+](=O)[O-])OCO2. The van der Waals surface area contributed by atoms with Gasteiger partial charge in [-0.2, -0.15) is 0 Å². The maximum atomic E-state index is 10.9. The van der Waals surface area contributed by atoms with Gasteiger partial charge in [-0.1, -0.05) is 0 Å². The van der Waals surface area contributed by atoms with Crippen LogP contribution in [0.3, 0.4) is 0 Å². The van der Waals surface area contributed by atoms with Crippen LogP contribution in [-0.4, -0.2) is 23.0 Å². The van der Waals surface area contributed by atoms with Crippen LogP contribution in [0.2, 0.25) is 0 Å². The molecule has 1 N–H and O–H groups in total. The molecule has 0 aliphatic carbocycles. The van der Waals surface area contributed by atoms with E-state index in [2.05, 4.69) is 4.74 Å². The fraction of sp³-hybridized carbons (Fsp3) is 0.300. The van der Waals surface area contributed by atoms with Crippen LogP contribution < -0.4 is 9.47 Å². The van der Waals surface area contributed by atoms with Crippen LogP contribution in [0, 0.1) is 10.1 Å². The Morgan fingerprint density at radius 3 is 2.67 bits per heavy atom. The summed E-state index contributed by atoms with van der Waals surface area (Å²) in [7, 11) is 0. The molecule has 0 fully saturated rings. The standard InChI is InChI=1S/C10H9NO7/c1-5(18-10(12)13)6-2-8-9(17-4-16-8)3-7(6)11(14)15/h2-3,5H,4H2,1H3,(H,12,13). The minimum atomic E-state index is -1.51. The first-order chi connectivity index (χ1) is 8.49. The highest BCUT2D eigenvalue weighted by Gasteiger charge is 2.27. The van der Waals surface area contributed by atoms with E-state index in [1.54, 1.807) is 0 Å². The first-order valence-corrected chi connectivity index (χ1v) is 4.96. The smallest absolute Gasteiger partial charge is 0.454 e. The van der Waals surface area contributed by atoms with Gasteiger partial charge in [0.1, 0.15) is 6.10 Å². The highest BCUT2D eigenvalue weighted by Crippen LogP contribution is 2.40. The molecule has 0 aromatic heterocycles. The van der Waals surface area contributed by atoms with E-state index < -0.39 is 17.2 Å². The summed E-state index contributed by atoms with van der Waals surface area (Å²) in [5.41, 5.74) is -0.153. The monoisotopic (exact) mass is 255 g/mol. The predicted molar refractivity (Wildman–Crippen MR) is 56.7 cm³/mol. The van der Waals surface area contributed by atoms with Crippen LogP contribution in [-0.2, 0) is 4.74 Å². The lowest BCUT2D eigenvalue weighted by Gasteiger charge is -2.11. The van der Waals surface area contributed by atoms with Gasteiger partial charge in [0, 0.05) is 0 Å². The van der Waals surface area contributed by atoms with Gasteiger partial charge >= 0.3 is 6.16 Å². The van der Waals surface area contributed by atoms with Crippen molar-refractivity contribution in [3.63, 3.8) is 0 Å². The number of nitrogens with zero attached hydrogens (tertiary/aromatic N) is 1. The molecule has 0 amide bonds. The van der Waals surface area contributed by atoms with Crippen molar-refractivity contribution in [3.05, 3.63) is 27.8 Å². The van der Waals surface area contributed by atoms with Crippen molar-refractivity contribution in [2.24, 2.45) is 0 Å². The lowest BCUT2D eigenvalue weighted by atomic mass is 10.1. The molecule has 8 heteroatoms. The second kappa shape index (κ2) is 4.40. The Hall–Kier alpha value is -2.51. The minimum absolute atomic E-state index is 0.0237. The Balaban J connectivity index is 2.44. The van der Waals surface area contributed by atoms with Crippen molar-refractivity contribution in [3.8, 4) is 11.5 Å². The van der Waals surface area contributed by atoms with E-state index in [1.165, 1.54) is 19.1 Å². The second-order valence-electron chi connectivity index (χ2n) is 3.55. The van der Waals surface area contributed by atoms with E-state index in [0.29, 0.717) is 5.75 Å². The number of benzene rings is 1. The molecular weight excluding hydrogens is 246 g/mol. The number of carboxylic acid groups (broad SMARTS) is 1. The molecule has 2 rings (SSSR count).